The van der Waals surface area contributed by atoms with Crippen molar-refractivity contribution >= 4 is 35.1 Å². The van der Waals surface area contributed by atoms with E-state index in [4.69, 9.17) is 33.0 Å². The summed E-state index contributed by atoms with van der Waals surface area (Å²) in [5.74, 6) is -1.15. The Labute approximate surface area is 132 Å². The molecule has 1 N–H and O–H groups in total. The number of carboxylic acid groups (broad SMARTS) is 1. The maximum atomic E-state index is 12.1. The molecule has 1 heterocycles. The predicted molar refractivity (Wildman–Crippen MR) is 78.7 cm³/mol. The molecule has 1 fully saturated rings. The number of aryl methyl sites for hydroxylation is 1. The van der Waals surface area contributed by atoms with Crippen LogP contribution in [0, 0.1) is 0 Å². The van der Waals surface area contributed by atoms with E-state index in [2.05, 4.69) is 0 Å². The van der Waals surface area contributed by atoms with Crippen molar-refractivity contribution in [3.63, 3.8) is 0 Å². The van der Waals surface area contributed by atoms with Crippen LogP contribution >= 0.6 is 23.2 Å². The molecule has 1 aromatic rings. The van der Waals surface area contributed by atoms with E-state index >= 15 is 0 Å². The van der Waals surface area contributed by atoms with Gasteiger partial charge in [0.2, 0.25) is 5.91 Å². The molecule has 0 saturated carbocycles. The summed E-state index contributed by atoms with van der Waals surface area (Å²) in [6.07, 6.45) is -0.181. The number of carbonyl (C=O) groups is 2. The summed E-state index contributed by atoms with van der Waals surface area (Å²) >= 11 is 11.9. The van der Waals surface area contributed by atoms with E-state index in [0.29, 0.717) is 23.0 Å². The highest BCUT2D eigenvalue weighted by Gasteiger charge is 2.28. The summed E-state index contributed by atoms with van der Waals surface area (Å²) in [6.45, 7) is 0.740. The highest BCUT2D eigenvalue weighted by Crippen LogP contribution is 2.22. The Morgan fingerprint density at radius 1 is 1.38 bits per heavy atom. The minimum absolute atomic E-state index is 0.0858. The molecular weight excluding hydrogens is 317 g/mol. The molecule has 2 rings (SSSR count). The van der Waals surface area contributed by atoms with Crippen LogP contribution in [0.1, 0.15) is 12.0 Å². The van der Waals surface area contributed by atoms with Gasteiger partial charge < -0.3 is 14.7 Å². The summed E-state index contributed by atoms with van der Waals surface area (Å²) in [6, 6.07) is 5.15. The molecule has 0 aromatic heterocycles. The highest BCUT2D eigenvalue weighted by atomic mass is 35.5. The number of carbonyl (C=O) groups excluding carboxylic acids is 1. The maximum absolute atomic E-state index is 12.1. The van der Waals surface area contributed by atoms with Gasteiger partial charge in [-0.05, 0) is 24.1 Å². The third kappa shape index (κ3) is 4.33. The van der Waals surface area contributed by atoms with E-state index in [-0.39, 0.29) is 25.5 Å². The Balaban J connectivity index is 1.90. The van der Waals surface area contributed by atoms with E-state index in [1.807, 2.05) is 0 Å². The predicted octanol–water partition coefficient (Wildman–Crippen LogP) is 2.24. The van der Waals surface area contributed by atoms with Crippen molar-refractivity contribution in [3.05, 3.63) is 33.8 Å². The third-order valence-corrected chi connectivity index (χ3v) is 3.90. The molecule has 1 aliphatic rings. The molecule has 1 aliphatic heterocycles. The van der Waals surface area contributed by atoms with Gasteiger partial charge in [-0.25, -0.2) is 4.79 Å². The van der Waals surface area contributed by atoms with Crippen LogP contribution in [0.25, 0.3) is 0 Å². The van der Waals surface area contributed by atoms with Gasteiger partial charge in [-0.1, -0.05) is 29.3 Å². The lowest BCUT2D eigenvalue weighted by molar-refractivity contribution is -0.159. The minimum Gasteiger partial charge on any atom is -0.479 e. The summed E-state index contributed by atoms with van der Waals surface area (Å²) in [5, 5.41) is 9.99. The monoisotopic (exact) mass is 331 g/mol. The quantitative estimate of drug-likeness (QED) is 0.918. The van der Waals surface area contributed by atoms with Gasteiger partial charge in [-0.3, -0.25) is 4.79 Å². The van der Waals surface area contributed by atoms with Gasteiger partial charge in [-0.15, -0.1) is 0 Å². The molecule has 114 valence electrons. The van der Waals surface area contributed by atoms with Crippen LogP contribution in [0.15, 0.2) is 18.2 Å². The molecule has 7 heteroatoms. The molecule has 0 bridgehead atoms. The molecule has 0 unspecified atom stereocenters. The number of hydrogen-bond acceptors (Lipinski definition) is 3. The lowest BCUT2D eigenvalue weighted by atomic mass is 10.1. The van der Waals surface area contributed by atoms with Crippen molar-refractivity contribution in [2.24, 2.45) is 0 Å². The van der Waals surface area contributed by atoms with Gasteiger partial charge in [0.15, 0.2) is 6.10 Å². The molecule has 1 aromatic carbocycles. The molecule has 1 amide bonds. The number of benzene rings is 1. The van der Waals surface area contributed by atoms with Crippen molar-refractivity contribution in [3.8, 4) is 0 Å². The van der Waals surface area contributed by atoms with Crippen LogP contribution in [-0.2, 0) is 20.7 Å². The van der Waals surface area contributed by atoms with Crippen LogP contribution in [-0.4, -0.2) is 47.7 Å². The standard InChI is InChI=1S/C14H15Cl2NO4/c15-10-3-1-9(11(16)7-10)2-4-13(18)17-5-6-21-12(8-17)14(19)20/h1,3,7,12H,2,4-6,8H2,(H,19,20)/t12-/m1/s1. The number of ether oxygens (including phenoxy) is 1. The average molecular weight is 332 g/mol. The van der Waals surface area contributed by atoms with Gasteiger partial charge in [0.25, 0.3) is 0 Å². The van der Waals surface area contributed by atoms with Gasteiger partial charge >= 0.3 is 5.97 Å². The molecule has 5 nitrogen and oxygen atoms in total. The Morgan fingerprint density at radius 3 is 2.81 bits per heavy atom. The van der Waals surface area contributed by atoms with Gasteiger partial charge in [0.1, 0.15) is 0 Å². The Hall–Kier alpha value is -1.30. The molecule has 0 radical (unpaired) electrons. The first-order valence-corrected chi connectivity index (χ1v) is 7.29. The zero-order valence-electron chi connectivity index (χ0n) is 11.2. The van der Waals surface area contributed by atoms with Crippen LogP contribution in [0.2, 0.25) is 10.0 Å². The number of nitrogens with zero attached hydrogens (tertiary/aromatic N) is 1. The lowest BCUT2D eigenvalue weighted by Crippen LogP contribution is -2.48. The second-order valence-corrected chi connectivity index (χ2v) is 5.62. The van der Waals surface area contributed by atoms with Gasteiger partial charge in [0.05, 0.1) is 13.2 Å². The fraction of sp³-hybridized carbons (Fsp3) is 0.429. The zero-order valence-corrected chi connectivity index (χ0v) is 12.7. The smallest absolute Gasteiger partial charge is 0.334 e. The average Bonchev–Trinajstić information content (AvgIpc) is 2.46. The number of rotatable bonds is 4. The molecule has 0 spiro atoms. The second kappa shape index (κ2) is 7.11. The first kappa shape index (κ1) is 16.1. The largest absolute Gasteiger partial charge is 0.479 e. The van der Waals surface area contributed by atoms with Crippen LogP contribution in [0.5, 0.6) is 0 Å². The summed E-state index contributed by atoms with van der Waals surface area (Å²) in [4.78, 5) is 24.5. The number of amides is 1. The second-order valence-electron chi connectivity index (χ2n) is 4.77. The fourth-order valence-electron chi connectivity index (χ4n) is 2.15. The highest BCUT2D eigenvalue weighted by molar-refractivity contribution is 6.35. The normalized spacial score (nSPS) is 18.6. The third-order valence-electron chi connectivity index (χ3n) is 3.32. The van der Waals surface area contributed by atoms with Crippen molar-refractivity contribution in [2.45, 2.75) is 18.9 Å². The van der Waals surface area contributed by atoms with E-state index in [0.717, 1.165) is 5.56 Å². The number of halogens is 2. The van der Waals surface area contributed by atoms with Crippen molar-refractivity contribution < 1.29 is 19.4 Å². The van der Waals surface area contributed by atoms with Gasteiger partial charge in [-0.2, -0.15) is 0 Å². The van der Waals surface area contributed by atoms with Crippen LogP contribution in [0.4, 0.5) is 0 Å². The number of hydrogen-bond donors (Lipinski definition) is 1. The topological polar surface area (TPSA) is 66.8 Å². The van der Waals surface area contributed by atoms with E-state index in [1.165, 1.54) is 4.90 Å². The van der Waals surface area contributed by atoms with Crippen molar-refractivity contribution in [1.82, 2.24) is 4.90 Å². The first-order valence-electron chi connectivity index (χ1n) is 6.53. The molecule has 0 aliphatic carbocycles. The first-order chi connectivity index (χ1) is 9.97. The minimum atomic E-state index is -1.05. The van der Waals surface area contributed by atoms with Crippen molar-refractivity contribution in [2.75, 3.05) is 19.7 Å². The molecular formula is C14H15Cl2NO4. The summed E-state index contributed by atoms with van der Waals surface area (Å²) in [5.41, 5.74) is 0.845. The van der Waals surface area contributed by atoms with Crippen molar-refractivity contribution in [1.29, 1.82) is 0 Å². The Bertz CT molecular complexity index is 550. The van der Waals surface area contributed by atoms with Crippen LogP contribution < -0.4 is 0 Å². The zero-order chi connectivity index (χ0) is 15.4. The summed E-state index contributed by atoms with van der Waals surface area (Å²) in [7, 11) is 0. The van der Waals surface area contributed by atoms with Crippen LogP contribution in [0.3, 0.4) is 0 Å². The number of morpholine rings is 1. The number of carboxylic acids is 1. The maximum Gasteiger partial charge on any atom is 0.334 e. The Kier molecular flexibility index (Phi) is 5.45. The van der Waals surface area contributed by atoms with Gasteiger partial charge in [0, 0.05) is 23.0 Å². The van der Waals surface area contributed by atoms with E-state index in [1.54, 1.807) is 18.2 Å². The SMILES string of the molecule is O=C(O)[C@H]1CN(C(=O)CCc2ccc(Cl)cc2Cl)CCO1. The number of aliphatic carboxylic acids is 1. The fourth-order valence-corrected chi connectivity index (χ4v) is 2.65. The Morgan fingerprint density at radius 2 is 2.14 bits per heavy atom. The molecule has 21 heavy (non-hydrogen) atoms. The van der Waals surface area contributed by atoms with E-state index in [9.17, 15) is 9.59 Å². The molecule has 1 atom stereocenters. The molecule has 1 saturated heterocycles. The summed E-state index contributed by atoms with van der Waals surface area (Å²) < 4.78 is 5.09. The van der Waals surface area contributed by atoms with E-state index < -0.39 is 12.1 Å². The lowest BCUT2D eigenvalue weighted by Gasteiger charge is -2.31.